The Morgan fingerprint density at radius 2 is 1.72 bits per heavy atom. The van der Waals surface area contributed by atoms with Crippen molar-refractivity contribution in [2.75, 3.05) is 69.8 Å². The maximum atomic E-state index is 14.3. The molecule has 3 aliphatic heterocycles. The smallest absolute Gasteiger partial charge is 0.416 e. The van der Waals surface area contributed by atoms with Crippen molar-refractivity contribution in [3.63, 3.8) is 0 Å². The molecule has 3 atom stereocenters. The maximum absolute atomic E-state index is 14.3. The van der Waals surface area contributed by atoms with E-state index in [0.29, 0.717) is 54.4 Å². The molecule has 17 nitrogen and oxygen atoms in total. The number of benzene rings is 2. The third-order valence-corrected chi connectivity index (χ3v) is 12.1. The largest absolute Gasteiger partial charge is 0.493 e. The zero-order valence-electron chi connectivity index (χ0n) is 37.7. The third kappa shape index (κ3) is 10.3. The Bertz CT molecular complexity index is 2240. The van der Waals surface area contributed by atoms with E-state index in [-0.39, 0.29) is 43.2 Å². The molecule has 2 saturated heterocycles. The first-order valence-corrected chi connectivity index (χ1v) is 21.9. The summed E-state index contributed by atoms with van der Waals surface area (Å²) in [6, 6.07) is 12.9. The fraction of sp³-hybridized carbons (Fsp3) is 0.489. The van der Waals surface area contributed by atoms with E-state index in [4.69, 9.17) is 33.2 Å². The van der Waals surface area contributed by atoms with Crippen molar-refractivity contribution in [1.29, 1.82) is 0 Å². The van der Waals surface area contributed by atoms with E-state index in [1.165, 1.54) is 18.1 Å². The first kappa shape index (κ1) is 46.3. The van der Waals surface area contributed by atoms with E-state index in [0.717, 1.165) is 55.5 Å². The molecule has 2 fully saturated rings. The minimum atomic E-state index is -1.32. The van der Waals surface area contributed by atoms with Gasteiger partial charge >= 0.3 is 6.09 Å². The molecular weight excluding hydrogens is 823 g/mol. The van der Waals surface area contributed by atoms with Crippen LogP contribution in [0.2, 0.25) is 0 Å². The molecule has 0 bridgehead atoms. The van der Waals surface area contributed by atoms with E-state index in [2.05, 4.69) is 43.9 Å². The predicted octanol–water partition coefficient (Wildman–Crippen LogP) is 7.10. The van der Waals surface area contributed by atoms with Crippen LogP contribution >= 0.6 is 0 Å². The summed E-state index contributed by atoms with van der Waals surface area (Å²) in [4.78, 5) is 48.9. The lowest BCUT2D eigenvalue weighted by molar-refractivity contribution is -0.243. The summed E-state index contributed by atoms with van der Waals surface area (Å²) in [5, 5.41) is 5.68. The van der Waals surface area contributed by atoms with Gasteiger partial charge in [-0.05, 0) is 87.4 Å². The van der Waals surface area contributed by atoms with Crippen molar-refractivity contribution in [3.8, 4) is 22.6 Å². The lowest BCUT2D eigenvalue weighted by atomic mass is 9.92. The highest BCUT2D eigenvalue weighted by Crippen LogP contribution is 2.46. The second kappa shape index (κ2) is 20.9. The van der Waals surface area contributed by atoms with Gasteiger partial charge in [0.15, 0.2) is 29.8 Å². The Kier molecular flexibility index (Phi) is 15.1. The number of hydrogen-bond acceptors (Lipinski definition) is 12. The van der Waals surface area contributed by atoms with Gasteiger partial charge in [0.05, 0.1) is 32.0 Å². The molecular formula is C47H61N7O10. The first-order chi connectivity index (χ1) is 31.0. The van der Waals surface area contributed by atoms with Crippen molar-refractivity contribution >= 4 is 35.1 Å². The van der Waals surface area contributed by atoms with Crippen LogP contribution in [0.25, 0.3) is 11.1 Å². The second-order valence-electron chi connectivity index (χ2n) is 16.3. The molecule has 4 aromatic rings. The Labute approximate surface area is 374 Å². The van der Waals surface area contributed by atoms with Crippen LogP contribution in [0.15, 0.2) is 67.5 Å². The number of nitrogens with zero attached hydrogens (tertiary/aromatic N) is 5. The van der Waals surface area contributed by atoms with Crippen LogP contribution in [0.1, 0.15) is 73.2 Å². The number of aryl methyl sites for hydroxylation is 3. The lowest BCUT2D eigenvalue weighted by Gasteiger charge is -2.50. The Balaban J connectivity index is 1.06. The summed E-state index contributed by atoms with van der Waals surface area (Å²) in [6.07, 6.45) is 8.82. The zero-order valence-corrected chi connectivity index (χ0v) is 37.7. The summed E-state index contributed by atoms with van der Waals surface area (Å²) < 4.78 is 46.9. The quantitative estimate of drug-likeness (QED) is 0.0666. The van der Waals surface area contributed by atoms with Gasteiger partial charge in [-0.2, -0.15) is 0 Å². The Hall–Kier alpha value is -5.72. The summed E-state index contributed by atoms with van der Waals surface area (Å²) >= 11 is 0. The van der Waals surface area contributed by atoms with Gasteiger partial charge in [-0.3, -0.25) is 14.5 Å². The van der Waals surface area contributed by atoms with Gasteiger partial charge in [0.2, 0.25) is 17.5 Å². The third-order valence-electron chi connectivity index (χ3n) is 12.1. The van der Waals surface area contributed by atoms with E-state index in [1.807, 2.05) is 38.2 Å². The van der Waals surface area contributed by atoms with Gasteiger partial charge in [-0.1, -0.05) is 31.2 Å². The van der Waals surface area contributed by atoms with Gasteiger partial charge in [0.1, 0.15) is 6.61 Å². The number of rotatable bonds is 16. The SMILES string of the molecule is C=CCOC(=O)N1c2cc(OCCCC(=O)Nc3cn(C)c(C(=O)Nc4ccc(-c5cc(C)n(C)c5)cc4)n3)c(OC)cc2C(OC)(OC)CN2CCCC[C@H]2[C@@H]1OC1CCCCO1. The fourth-order valence-electron chi connectivity index (χ4n) is 8.61. The van der Waals surface area contributed by atoms with E-state index < -0.39 is 30.3 Å². The molecule has 0 radical (unpaired) electrons. The average molecular weight is 884 g/mol. The van der Waals surface area contributed by atoms with E-state index in [1.54, 1.807) is 44.2 Å². The molecule has 0 saturated carbocycles. The number of nitrogens with one attached hydrogen (secondary N) is 2. The van der Waals surface area contributed by atoms with Crippen molar-refractivity contribution in [3.05, 3.63) is 84.6 Å². The molecule has 0 spiro atoms. The Morgan fingerprint density at radius 3 is 2.41 bits per heavy atom. The highest BCUT2D eigenvalue weighted by atomic mass is 16.7. The number of ether oxygens (including phenoxy) is 7. The summed E-state index contributed by atoms with van der Waals surface area (Å²) in [7, 11) is 8.37. The fourth-order valence-corrected chi connectivity index (χ4v) is 8.61. The standard InChI is InChI=1S/C47H61N7O10/c1-8-22-63-46(57)54-37-27-39(38(58-5)26-35(37)47(59-6,60-7)30-53-21-11-9-14-36(53)45(54)64-42-16-10-12-23-62-42)61-24-13-15-41(55)49-40-29-52(4)43(50-40)44(56)48-34-19-17-32(18-20-34)33-25-31(2)51(3)28-33/h8,17-20,25-29,36,42,45H,1,9-16,21-24,30H2,2-7H3,(H,48,56)(H,49,55)/t36-,42?,45-/m0/s1. The van der Waals surface area contributed by atoms with E-state index in [9.17, 15) is 14.4 Å². The van der Waals surface area contributed by atoms with Crippen LogP contribution in [-0.2, 0) is 48.4 Å². The number of amides is 3. The van der Waals surface area contributed by atoms with Gasteiger partial charge < -0.3 is 52.9 Å². The molecule has 344 valence electrons. The highest BCUT2D eigenvalue weighted by Gasteiger charge is 2.50. The summed E-state index contributed by atoms with van der Waals surface area (Å²) in [6.45, 7) is 7.55. The maximum Gasteiger partial charge on any atom is 0.416 e. The molecule has 3 amide bonds. The molecule has 2 aromatic heterocycles. The number of anilines is 3. The average Bonchev–Trinajstić information content (AvgIpc) is 3.85. The molecule has 17 heteroatoms. The number of carbonyl (C=O) groups excluding carboxylic acids is 3. The van der Waals surface area contributed by atoms with Gasteiger partial charge in [-0.25, -0.2) is 14.7 Å². The van der Waals surface area contributed by atoms with Gasteiger partial charge in [-0.15, -0.1) is 0 Å². The first-order valence-electron chi connectivity index (χ1n) is 21.9. The number of carbonyl (C=O) groups is 3. The number of fused-ring (bicyclic) bond motifs is 2. The summed E-state index contributed by atoms with van der Waals surface area (Å²) in [5.41, 5.74) is 4.80. The topological polar surface area (TPSA) is 169 Å². The molecule has 2 aromatic carbocycles. The van der Waals surface area contributed by atoms with Crippen LogP contribution in [-0.4, -0.2) is 110 Å². The number of aromatic nitrogens is 3. The highest BCUT2D eigenvalue weighted by molar-refractivity contribution is 6.02. The number of piperidine rings is 1. The minimum Gasteiger partial charge on any atom is -0.493 e. The van der Waals surface area contributed by atoms with Crippen molar-refractivity contribution in [2.45, 2.75) is 82.6 Å². The normalized spacial score (nSPS) is 19.7. The van der Waals surface area contributed by atoms with Gasteiger partial charge in [0.25, 0.3) is 5.91 Å². The Morgan fingerprint density at radius 1 is 0.938 bits per heavy atom. The van der Waals surface area contributed by atoms with Crippen LogP contribution in [0.5, 0.6) is 11.5 Å². The molecule has 2 N–H and O–H groups in total. The van der Waals surface area contributed by atoms with Crippen LogP contribution in [0.3, 0.4) is 0 Å². The molecule has 1 unspecified atom stereocenters. The summed E-state index contributed by atoms with van der Waals surface area (Å²) in [5.74, 6) is -0.981. The monoisotopic (exact) mass is 883 g/mol. The van der Waals surface area contributed by atoms with Crippen LogP contribution in [0.4, 0.5) is 22.0 Å². The van der Waals surface area contributed by atoms with Gasteiger partial charge in [0, 0.05) is 76.7 Å². The number of methoxy groups -OCH3 is 3. The molecule has 64 heavy (non-hydrogen) atoms. The van der Waals surface area contributed by atoms with E-state index >= 15 is 0 Å². The van der Waals surface area contributed by atoms with Crippen molar-refractivity contribution in [2.24, 2.45) is 14.1 Å². The predicted molar refractivity (Wildman–Crippen MR) is 240 cm³/mol. The molecule has 0 aliphatic carbocycles. The van der Waals surface area contributed by atoms with Crippen molar-refractivity contribution in [1.82, 2.24) is 19.0 Å². The number of hydrogen-bond donors (Lipinski definition) is 2. The number of imidazole rings is 1. The molecule has 7 rings (SSSR count). The van der Waals surface area contributed by atoms with Crippen molar-refractivity contribution < 1.29 is 47.5 Å². The second-order valence-corrected chi connectivity index (χ2v) is 16.3. The minimum absolute atomic E-state index is 0.0241. The van der Waals surface area contributed by atoms with Crippen LogP contribution in [0, 0.1) is 6.92 Å². The lowest BCUT2D eigenvalue weighted by Crippen LogP contribution is -2.62. The molecule has 5 heterocycles. The van der Waals surface area contributed by atoms with Crippen LogP contribution < -0.4 is 25.0 Å². The molecule has 3 aliphatic rings. The zero-order chi connectivity index (χ0) is 45.4.